The molecule has 0 radical (unpaired) electrons. The second-order valence-corrected chi connectivity index (χ2v) is 9.28. The van der Waals surface area contributed by atoms with Gasteiger partial charge in [-0.2, -0.15) is 0 Å². The molecule has 0 aromatic carbocycles. The Kier molecular flexibility index (Phi) is 6.90. The molecule has 1 aromatic rings. The van der Waals surface area contributed by atoms with E-state index in [0.717, 1.165) is 38.5 Å². The van der Waals surface area contributed by atoms with Crippen LogP contribution in [0.1, 0.15) is 35.4 Å². The van der Waals surface area contributed by atoms with Crippen molar-refractivity contribution in [3.8, 4) is 0 Å². The second-order valence-electron chi connectivity index (χ2n) is 8.22. The van der Waals surface area contributed by atoms with Crippen molar-refractivity contribution in [2.24, 2.45) is 17.8 Å². The molecule has 1 saturated heterocycles. The van der Waals surface area contributed by atoms with Gasteiger partial charge < -0.3 is 25.4 Å². The molecule has 1 amide bonds. The van der Waals surface area contributed by atoms with Crippen molar-refractivity contribution < 1.29 is 19.4 Å². The lowest BCUT2D eigenvalue weighted by Gasteiger charge is -2.41. The highest BCUT2D eigenvalue weighted by molar-refractivity contribution is 7.17. The summed E-state index contributed by atoms with van der Waals surface area (Å²) in [4.78, 5) is 30.1. The van der Waals surface area contributed by atoms with Gasteiger partial charge in [0.25, 0.3) is 12.4 Å². The van der Waals surface area contributed by atoms with Crippen LogP contribution in [0, 0.1) is 17.8 Å². The quantitative estimate of drug-likeness (QED) is 0.710. The number of anilines is 1. The zero-order valence-corrected chi connectivity index (χ0v) is 17.3. The number of carboxylic acid groups (broad SMARTS) is 1. The van der Waals surface area contributed by atoms with E-state index in [1.807, 2.05) is 4.90 Å². The van der Waals surface area contributed by atoms with Crippen molar-refractivity contribution in [3.63, 3.8) is 0 Å². The van der Waals surface area contributed by atoms with Gasteiger partial charge in [0.05, 0.1) is 12.3 Å². The van der Waals surface area contributed by atoms with E-state index in [0.29, 0.717) is 34.0 Å². The normalized spacial score (nSPS) is 29.2. The molecule has 4 rings (SSSR count). The van der Waals surface area contributed by atoms with Crippen molar-refractivity contribution >= 4 is 28.8 Å². The summed E-state index contributed by atoms with van der Waals surface area (Å²) in [5.74, 6) is 2.00. The van der Waals surface area contributed by atoms with E-state index in [4.69, 9.17) is 20.4 Å². The molecule has 0 bridgehead atoms. The minimum absolute atomic E-state index is 0.0838. The lowest BCUT2D eigenvalue weighted by molar-refractivity contribution is -0.122. The summed E-state index contributed by atoms with van der Waals surface area (Å²) in [6.07, 6.45) is 6.73. The van der Waals surface area contributed by atoms with Gasteiger partial charge in [0.1, 0.15) is 4.88 Å². The monoisotopic (exact) mass is 410 g/mol. The van der Waals surface area contributed by atoms with Crippen LogP contribution in [0.5, 0.6) is 0 Å². The summed E-state index contributed by atoms with van der Waals surface area (Å²) >= 11 is 1.28. The molecule has 156 valence electrons. The van der Waals surface area contributed by atoms with E-state index in [-0.39, 0.29) is 12.4 Å². The third-order valence-electron chi connectivity index (χ3n) is 6.01. The Morgan fingerprint density at radius 2 is 2.04 bits per heavy atom. The molecule has 28 heavy (non-hydrogen) atoms. The van der Waals surface area contributed by atoms with Crippen LogP contribution in [0.15, 0.2) is 6.20 Å². The number of nitrogens with two attached hydrogens (primary N) is 1. The van der Waals surface area contributed by atoms with Gasteiger partial charge >= 0.3 is 0 Å². The van der Waals surface area contributed by atoms with Gasteiger partial charge in [-0.3, -0.25) is 9.59 Å². The second kappa shape index (κ2) is 9.19. The first-order chi connectivity index (χ1) is 13.4. The van der Waals surface area contributed by atoms with Crippen LogP contribution in [0.3, 0.4) is 0 Å². The third-order valence-corrected chi connectivity index (χ3v) is 6.83. The number of nitrogen functional groups attached to an aromatic ring is 1. The minimum Gasteiger partial charge on any atom is -0.483 e. The number of nitrogens with zero attached hydrogens (tertiary/aromatic N) is 3. The van der Waals surface area contributed by atoms with Crippen LogP contribution in [-0.2, 0) is 9.53 Å². The molecule has 2 heterocycles. The number of amides is 1. The molecule has 3 aliphatic rings. The maximum Gasteiger partial charge on any atom is 0.290 e. The molecule has 3 N–H and O–H groups in total. The van der Waals surface area contributed by atoms with Crippen LogP contribution in [0.4, 0.5) is 5.13 Å². The lowest BCUT2D eigenvalue weighted by Crippen LogP contribution is -2.48. The Balaban J connectivity index is 0.000000706. The van der Waals surface area contributed by atoms with Crippen LogP contribution in [-0.4, -0.2) is 78.2 Å². The van der Waals surface area contributed by atoms with Crippen molar-refractivity contribution in [1.82, 2.24) is 14.8 Å². The first kappa shape index (κ1) is 21.0. The number of likely N-dealkylation sites (tertiary alicyclic amines) is 1. The number of fused-ring (bicyclic) bond motifs is 1. The van der Waals surface area contributed by atoms with E-state index >= 15 is 0 Å². The fraction of sp³-hybridized carbons (Fsp3) is 0.737. The average molecular weight is 411 g/mol. The predicted octanol–water partition coefficient (Wildman–Crippen LogP) is 1.63. The zero-order valence-electron chi connectivity index (χ0n) is 16.5. The van der Waals surface area contributed by atoms with Crippen LogP contribution in [0.2, 0.25) is 0 Å². The molecule has 2 saturated carbocycles. The molecular formula is C19H30N4O4S. The Morgan fingerprint density at radius 1 is 1.39 bits per heavy atom. The summed E-state index contributed by atoms with van der Waals surface area (Å²) in [6.45, 7) is 2.35. The highest BCUT2D eigenvalue weighted by Gasteiger charge is 2.45. The van der Waals surface area contributed by atoms with E-state index in [9.17, 15) is 4.79 Å². The Labute approximate surface area is 169 Å². The predicted molar refractivity (Wildman–Crippen MR) is 107 cm³/mol. The van der Waals surface area contributed by atoms with Gasteiger partial charge in [0.2, 0.25) is 0 Å². The number of aromatic nitrogens is 1. The van der Waals surface area contributed by atoms with E-state index in [1.54, 1.807) is 6.20 Å². The number of rotatable bonds is 5. The molecule has 1 aromatic heterocycles. The molecule has 8 nitrogen and oxygen atoms in total. The third kappa shape index (κ3) is 5.01. The Hall–Kier alpha value is -1.71. The first-order valence-electron chi connectivity index (χ1n) is 9.79. The zero-order chi connectivity index (χ0) is 20.3. The molecule has 1 aliphatic heterocycles. The highest BCUT2D eigenvalue weighted by atomic mass is 32.1. The number of hydrogen-bond donors (Lipinski definition) is 2. The summed E-state index contributed by atoms with van der Waals surface area (Å²) < 4.78 is 6.30. The lowest BCUT2D eigenvalue weighted by atomic mass is 9.77. The summed E-state index contributed by atoms with van der Waals surface area (Å²) in [5, 5.41) is 7.35. The number of thiazole rings is 1. The van der Waals surface area contributed by atoms with Gasteiger partial charge in [-0.1, -0.05) is 11.3 Å². The fourth-order valence-electron chi connectivity index (χ4n) is 4.37. The number of ether oxygens (including phenoxy) is 1. The SMILES string of the molecule is CN(C)[C@@H]1C[C@@H]2CN(C(=O)c3cnc(N)s3)C[C@@H]2C[C@H]1OCC1CC1.O=CO. The average Bonchev–Trinajstić information content (AvgIpc) is 3.23. The Bertz CT molecular complexity index is 679. The topological polar surface area (TPSA) is 109 Å². The molecule has 0 spiro atoms. The minimum atomic E-state index is -0.250. The molecule has 4 atom stereocenters. The molecule has 9 heteroatoms. The maximum atomic E-state index is 12.7. The van der Waals surface area contributed by atoms with Gasteiger partial charge in [-0.25, -0.2) is 4.98 Å². The van der Waals surface area contributed by atoms with Crippen molar-refractivity contribution in [2.75, 3.05) is 39.5 Å². The van der Waals surface area contributed by atoms with Gasteiger partial charge in [0.15, 0.2) is 5.13 Å². The molecule has 3 fully saturated rings. The van der Waals surface area contributed by atoms with E-state index in [1.165, 1.54) is 24.2 Å². The van der Waals surface area contributed by atoms with Crippen molar-refractivity contribution in [3.05, 3.63) is 11.1 Å². The number of carbonyl (C=O) groups excluding carboxylic acids is 1. The van der Waals surface area contributed by atoms with E-state index < -0.39 is 0 Å². The summed E-state index contributed by atoms with van der Waals surface area (Å²) in [6, 6.07) is 0.453. The van der Waals surface area contributed by atoms with Crippen LogP contribution >= 0.6 is 11.3 Å². The Morgan fingerprint density at radius 3 is 2.57 bits per heavy atom. The van der Waals surface area contributed by atoms with Crippen LogP contribution in [0.25, 0.3) is 0 Å². The maximum absolute atomic E-state index is 12.7. The standard InChI is InChI=1S/C18H28N4O2S.CH2O2/c1-21(2)14-5-12-8-22(17(23)16-7-20-18(19)25-16)9-13(12)6-15(14)24-10-11-3-4-11;2-1-3/h7,11-15H,3-6,8-10H2,1-2H3,(H2,19,20);1H,(H,2,3)/t12-,13+,14-,15-;/m1./s1. The molecule has 2 aliphatic carbocycles. The first-order valence-corrected chi connectivity index (χ1v) is 10.6. The molecule has 0 unspecified atom stereocenters. The largest absolute Gasteiger partial charge is 0.483 e. The summed E-state index contributed by atoms with van der Waals surface area (Å²) in [7, 11) is 4.30. The van der Waals surface area contributed by atoms with Gasteiger partial charge in [-0.05, 0) is 57.5 Å². The fourth-order valence-corrected chi connectivity index (χ4v) is 5.02. The smallest absolute Gasteiger partial charge is 0.290 e. The number of likely N-dealkylation sites (N-methyl/N-ethyl adjacent to an activating group) is 1. The van der Waals surface area contributed by atoms with Gasteiger partial charge in [-0.15, -0.1) is 0 Å². The molecular weight excluding hydrogens is 380 g/mol. The van der Waals surface area contributed by atoms with Crippen molar-refractivity contribution in [2.45, 2.75) is 37.8 Å². The number of hydrogen-bond acceptors (Lipinski definition) is 7. The van der Waals surface area contributed by atoms with E-state index in [2.05, 4.69) is 24.0 Å². The number of carbonyl (C=O) groups is 2. The summed E-state index contributed by atoms with van der Waals surface area (Å²) in [5.41, 5.74) is 5.68. The van der Waals surface area contributed by atoms with Crippen LogP contribution < -0.4 is 5.73 Å². The highest BCUT2D eigenvalue weighted by Crippen LogP contribution is 2.40. The van der Waals surface area contributed by atoms with Crippen molar-refractivity contribution in [1.29, 1.82) is 0 Å². The van der Waals surface area contributed by atoms with Gasteiger partial charge in [0, 0.05) is 25.7 Å².